The molecule has 1 heterocycles. The third kappa shape index (κ3) is 4.80. The summed E-state index contributed by atoms with van der Waals surface area (Å²) < 4.78 is 5.26. The third-order valence-corrected chi connectivity index (χ3v) is 4.05. The zero-order chi connectivity index (χ0) is 19.9. The highest BCUT2D eigenvalue weighted by Gasteiger charge is 2.11. The average molecular weight is 379 g/mol. The molecule has 1 aromatic heterocycles. The molecule has 2 aromatic carbocycles. The van der Waals surface area contributed by atoms with E-state index in [9.17, 15) is 4.79 Å². The summed E-state index contributed by atoms with van der Waals surface area (Å²) in [5.74, 6) is 0.0372. The fourth-order valence-electron chi connectivity index (χ4n) is 2.59. The van der Waals surface area contributed by atoms with Gasteiger partial charge in [-0.05, 0) is 35.7 Å². The van der Waals surface area contributed by atoms with E-state index >= 15 is 0 Å². The van der Waals surface area contributed by atoms with Crippen LogP contribution in [0.4, 0.5) is 17.6 Å². The van der Waals surface area contributed by atoms with Gasteiger partial charge in [0.2, 0.25) is 11.9 Å². The predicted octanol–water partition coefficient (Wildman–Crippen LogP) is 2.61. The Morgan fingerprint density at radius 1 is 1.11 bits per heavy atom. The summed E-state index contributed by atoms with van der Waals surface area (Å²) in [5, 5.41) is 12.2. The van der Waals surface area contributed by atoms with Gasteiger partial charge in [-0.15, -0.1) is 0 Å². The van der Waals surface area contributed by atoms with Gasteiger partial charge in [0.1, 0.15) is 0 Å². The number of benzene rings is 2. The number of nitrogen functional groups attached to an aromatic ring is 1. The first-order valence-electron chi connectivity index (χ1n) is 8.81. The lowest BCUT2D eigenvalue weighted by Gasteiger charge is -2.11. The highest BCUT2D eigenvalue weighted by Crippen LogP contribution is 2.19. The van der Waals surface area contributed by atoms with Crippen LogP contribution in [0.25, 0.3) is 0 Å². The van der Waals surface area contributed by atoms with Crippen LogP contribution in [0, 0.1) is 0 Å². The maximum absolute atomic E-state index is 12.2. The molecule has 0 bridgehead atoms. The van der Waals surface area contributed by atoms with E-state index in [0.29, 0.717) is 11.1 Å². The second kappa shape index (κ2) is 8.92. The minimum atomic E-state index is -0.519. The average Bonchev–Trinajstić information content (AvgIpc) is 2.72. The van der Waals surface area contributed by atoms with E-state index in [4.69, 9.17) is 15.6 Å². The van der Waals surface area contributed by atoms with Crippen molar-refractivity contribution in [2.75, 3.05) is 11.1 Å². The van der Waals surface area contributed by atoms with E-state index in [1.165, 1.54) is 0 Å². The Morgan fingerprint density at radius 2 is 1.86 bits per heavy atom. The smallest absolute Gasteiger partial charge is 0.338 e. The number of para-hydroxylation sites is 1. The highest BCUT2D eigenvalue weighted by atomic mass is 16.5. The number of aliphatic hydroxyl groups is 1. The van der Waals surface area contributed by atoms with Crippen molar-refractivity contribution in [2.45, 2.75) is 26.6 Å². The molecule has 8 nitrogen and oxygen atoms in total. The second-order valence-electron chi connectivity index (χ2n) is 6.00. The molecule has 0 saturated heterocycles. The van der Waals surface area contributed by atoms with Crippen molar-refractivity contribution in [1.82, 2.24) is 15.0 Å². The van der Waals surface area contributed by atoms with Crippen LogP contribution in [0.3, 0.4) is 0 Å². The van der Waals surface area contributed by atoms with Gasteiger partial charge < -0.3 is 20.9 Å². The summed E-state index contributed by atoms with van der Waals surface area (Å²) in [4.78, 5) is 24.5. The number of hydrogen-bond acceptors (Lipinski definition) is 8. The van der Waals surface area contributed by atoms with E-state index < -0.39 is 5.97 Å². The first-order chi connectivity index (χ1) is 13.6. The highest BCUT2D eigenvalue weighted by molar-refractivity contribution is 5.89. The van der Waals surface area contributed by atoms with Crippen molar-refractivity contribution in [3.05, 3.63) is 71.0 Å². The second-order valence-corrected chi connectivity index (χ2v) is 6.00. The lowest BCUT2D eigenvalue weighted by molar-refractivity contribution is 0.0462. The van der Waals surface area contributed by atoms with Crippen LogP contribution in [-0.4, -0.2) is 26.0 Å². The third-order valence-electron chi connectivity index (χ3n) is 4.05. The molecule has 3 aromatic rings. The van der Waals surface area contributed by atoms with Crippen LogP contribution in [0.2, 0.25) is 0 Å². The maximum Gasteiger partial charge on any atom is 0.338 e. The molecule has 0 aliphatic heterocycles. The summed E-state index contributed by atoms with van der Waals surface area (Å²) >= 11 is 0. The van der Waals surface area contributed by atoms with Gasteiger partial charge >= 0.3 is 5.97 Å². The number of ether oxygens (including phenoxy) is 1. The van der Waals surface area contributed by atoms with Gasteiger partial charge in [-0.25, -0.2) is 4.79 Å². The summed E-state index contributed by atoms with van der Waals surface area (Å²) in [6.45, 7) is 1.83. The Hall–Kier alpha value is -3.52. The molecule has 3 rings (SSSR count). The molecule has 4 N–H and O–H groups in total. The fraction of sp³-hybridized carbons (Fsp3) is 0.200. The molecule has 0 aliphatic carbocycles. The Labute approximate surface area is 162 Å². The molecule has 0 amide bonds. The van der Waals surface area contributed by atoms with Gasteiger partial charge in [0.15, 0.2) is 12.4 Å². The standard InChI is InChI=1S/C20H21N5O3/c1-2-14-5-3-4-6-16(14)22-20-24-17(23-19(21)25-20)12-28-18(27)15-9-7-13(11-26)8-10-15/h3-10,26H,2,11-12H2,1H3,(H3,21,22,23,24,25). The van der Waals surface area contributed by atoms with Crippen LogP contribution in [0.5, 0.6) is 0 Å². The Bertz CT molecular complexity index is 960. The minimum Gasteiger partial charge on any atom is -0.454 e. The lowest BCUT2D eigenvalue weighted by Crippen LogP contribution is -2.11. The van der Waals surface area contributed by atoms with Crippen LogP contribution in [0.15, 0.2) is 48.5 Å². The number of aryl methyl sites for hydroxylation is 1. The maximum atomic E-state index is 12.2. The van der Waals surface area contributed by atoms with Crippen molar-refractivity contribution < 1.29 is 14.6 Å². The van der Waals surface area contributed by atoms with Gasteiger partial charge in [-0.3, -0.25) is 0 Å². The number of aromatic nitrogens is 3. The van der Waals surface area contributed by atoms with E-state index in [-0.39, 0.29) is 30.9 Å². The van der Waals surface area contributed by atoms with Gasteiger partial charge in [0.05, 0.1) is 12.2 Å². The van der Waals surface area contributed by atoms with Crippen LogP contribution in [-0.2, 0) is 24.4 Å². The van der Waals surface area contributed by atoms with E-state index in [1.807, 2.05) is 24.3 Å². The number of nitrogens with zero attached hydrogens (tertiary/aromatic N) is 3. The quantitative estimate of drug-likeness (QED) is 0.535. The van der Waals surface area contributed by atoms with Gasteiger partial charge in [0, 0.05) is 5.69 Å². The zero-order valence-corrected chi connectivity index (χ0v) is 15.4. The number of hydrogen-bond donors (Lipinski definition) is 3. The lowest BCUT2D eigenvalue weighted by atomic mass is 10.1. The summed E-state index contributed by atoms with van der Waals surface area (Å²) in [7, 11) is 0. The number of carbonyl (C=O) groups excluding carboxylic acids is 1. The SMILES string of the molecule is CCc1ccccc1Nc1nc(N)nc(COC(=O)c2ccc(CO)cc2)n1. The van der Waals surface area contributed by atoms with Gasteiger partial charge in [-0.2, -0.15) is 15.0 Å². The first-order valence-corrected chi connectivity index (χ1v) is 8.81. The molecule has 0 unspecified atom stereocenters. The van der Waals surface area contributed by atoms with Crippen molar-refractivity contribution >= 4 is 23.6 Å². The zero-order valence-electron chi connectivity index (χ0n) is 15.4. The molecule has 0 atom stereocenters. The fourth-order valence-corrected chi connectivity index (χ4v) is 2.59. The Morgan fingerprint density at radius 3 is 2.57 bits per heavy atom. The number of nitrogens with two attached hydrogens (primary N) is 1. The number of carbonyl (C=O) groups is 1. The molecule has 0 aliphatic rings. The molecular weight excluding hydrogens is 358 g/mol. The number of anilines is 3. The molecule has 0 radical (unpaired) electrons. The number of rotatable bonds is 7. The molecule has 0 fully saturated rings. The van der Waals surface area contributed by atoms with Crippen molar-refractivity contribution in [1.29, 1.82) is 0 Å². The molecule has 0 spiro atoms. The van der Waals surface area contributed by atoms with Crippen molar-refractivity contribution in [2.24, 2.45) is 0 Å². The summed E-state index contributed by atoms with van der Waals surface area (Å²) in [5.41, 5.74) is 8.84. The van der Waals surface area contributed by atoms with E-state index in [0.717, 1.165) is 17.7 Å². The minimum absolute atomic E-state index is 0.0322. The Balaban J connectivity index is 1.69. The molecule has 0 saturated carbocycles. The number of esters is 1. The predicted molar refractivity (Wildman–Crippen MR) is 105 cm³/mol. The monoisotopic (exact) mass is 379 g/mol. The normalized spacial score (nSPS) is 10.5. The number of nitrogens with one attached hydrogen (secondary N) is 1. The van der Waals surface area contributed by atoms with E-state index in [1.54, 1.807) is 24.3 Å². The first kappa shape index (κ1) is 19.2. The Kier molecular flexibility index (Phi) is 6.13. The van der Waals surface area contributed by atoms with Gasteiger partial charge in [-0.1, -0.05) is 37.3 Å². The van der Waals surface area contributed by atoms with Gasteiger partial charge in [0.25, 0.3) is 0 Å². The molecular formula is C20H21N5O3. The molecule has 8 heteroatoms. The van der Waals surface area contributed by atoms with Crippen LogP contribution >= 0.6 is 0 Å². The van der Waals surface area contributed by atoms with E-state index in [2.05, 4.69) is 27.2 Å². The summed E-state index contributed by atoms with van der Waals surface area (Å²) in [6, 6.07) is 14.3. The largest absolute Gasteiger partial charge is 0.454 e. The number of aliphatic hydroxyl groups excluding tert-OH is 1. The van der Waals surface area contributed by atoms with Crippen LogP contribution in [0.1, 0.15) is 34.2 Å². The molecule has 28 heavy (non-hydrogen) atoms. The summed E-state index contributed by atoms with van der Waals surface area (Å²) in [6.07, 6.45) is 0.850. The molecule has 144 valence electrons. The van der Waals surface area contributed by atoms with Crippen LogP contribution < -0.4 is 11.1 Å². The van der Waals surface area contributed by atoms with Crippen molar-refractivity contribution in [3.63, 3.8) is 0 Å². The van der Waals surface area contributed by atoms with Crippen molar-refractivity contribution in [3.8, 4) is 0 Å². The topological polar surface area (TPSA) is 123 Å².